The molecular formula is C62H85N19O14S2. The van der Waals surface area contributed by atoms with Gasteiger partial charge in [0.15, 0.2) is 5.96 Å². The quantitative estimate of drug-likeness (QED) is 0.00909. The number of likely N-dealkylation sites (tertiary alicyclic amines) is 3. The summed E-state index contributed by atoms with van der Waals surface area (Å²) in [6.45, 7) is 1.11. The van der Waals surface area contributed by atoms with E-state index in [1.54, 1.807) is 60.8 Å². The summed E-state index contributed by atoms with van der Waals surface area (Å²) in [4.78, 5) is 196. The van der Waals surface area contributed by atoms with E-state index in [-0.39, 0.29) is 95.0 Å². The number of rotatable bonds is 34. The van der Waals surface area contributed by atoms with Crippen LogP contribution in [0, 0.1) is 0 Å². The number of fused-ring (bicyclic) bond motifs is 1. The normalized spacial score (nSPS) is 18.4. The zero-order valence-electron chi connectivity index (χ0n) is 53.4. The van der Waals surface area contributed by atoms with Gasteiger partial charge in [0.2, 0.25) is 70.9 Å². The first-order valence-electron chi connectivity index (χ1n) is 31.8. The van der Waals surface area contributed by atoms with Crippen molar-refractivity contribution in [2.75, 3.05) is 44.2 Å². The number of primary amides is 1. The van der Waals surface area contributed by atoms with Gasteiger partial charge in [0, 0.05) is 85.9 Å². The maximum atomic E-state index is 14.8. The highest BCUT2D eigenvalue weighted by molar-refractivity contribution is 7.80. The van der Waals surface area contributed by atoms with E-state index in [1.165, 1.54) is 29.2 Å². The number of nitrogens with two attached hydrogens (primary N) is 4. The van der Waals surface area contributed by atoms with Crippen molar-refractivity contribution in [2.24, 2.45) is 27.9 Å². The van der Waals surface area contributed by atoms with Gasteiger partial charge in [0.25, 0.3) is 0 Å². The summed E-state index contributed by atoms with van der Waals surface area (Å²) in [5, 5.41) is 31.1. The number of hydrogen-bond donors (Lipinski definition) is 17. The highest BCUT2D eigenvalue weighted by Crippen LogP contribution is 2.25. The van der Waals surface area contributed by atoms with E-state index in [0.29, 0.717) is 47.0 Å². The molecule has 2 aromatic heterocycles. The van der Waals surface area contributed by atoms with Crippen LogP contribution < -0.4 is 65.5 Å². The number of benzene rings is 2. The third kappa shape index (κ3) is 20.9. The molecule has 33 nitrogen and oxygen atoms in total. The number of aromatic amines is 2. The first-order chi connectivity index (χ1) is 46.4. The summed E-state index contributed by atoms with van der Waals surface area (Å²) < 4.78 is 0. The van der Waals surface area contributed by atoms with Crippen molar-refractivity contribution >= 4 is 119 Å². The smallest absolute Gasteiger partial charge is 0.326 e. The fourth-order valence-electron chi connectivity index (χ4n) is 11.9. The maximum absolute atomic E-state index is 14.8. The van der Waals surface area contributed by atoms with Crippen LogP contribution in [0.4, 0.5) is 0 Å². The Kier molecular flexibility index (Phi) is 27.6. The second kappa shape index (κ2) is 35.8. The van der Waals surface area contributed by atoms with E-state index in [9.17, 15) is 67.4 Å². The maximum Gasteiger partial charge on any atom is 0.326 e. The number of carboxylic acid groups (broad SMARTS) is 1. The number of imidazole rings is 1. The molecule has 0 radical (unpaired) electrons. The van der Waals surface area contributed by atoms with E-state index in [0.717, 1.165) is 4.90 Å². The van der Waals surface area contributed by atoms with Gasteiger partial charge in [-0.05, 0) is 75.5 Å². The molecule has 5 heterocycles. The fourth-order valence-corrected chi connectivity index (χ4v) is 12.4. The predicted molar refractivity (Wildman–Crippen MR) is 358 cm³/mol. The van der Waals surface area contributed by atoms with Gasteiger partial charge in [0.1, 0.15) is 60.4 Å². The molecule has 12 amide bonds. The van der Waals surface area contributed by atoms with Gasteiger partial charge in [0.05, 0.1) is 25.3 Å². The van der Waals surface area contributed by atoms with Gasteiger partial charge in [-0.25, -0.2) is 9.78 Å². The Labute approximate surface area is 568 Å². The lowest BCUT2D eigenvalue weighted by molar-refractivity contribution is -0.145. The number of hydrogen-bond acceptors (Lipinski definition) is 18. The minimum atomic E-state index is -1.71. The highest BCUT2D eigenvalue weighted by Gasteiger charge is 2.44. The molecule has 3 aliphatic rings. The molecule has 19 N–H and O–H groups in total. The number of aliphatic carboxylic acids is 1. The standard InChI is InChI=1S/C62H85N19O14S2/c1-33(72-50(83)29-70-52(85)44(30-96)77-56(89)46-16-8-20-79(46)58(91)38(63)25-36-28-67-32-71-36)51(84)74-42(24-35-27-69-39-14-6-5-13-37(35)39)54(87)75-41(23-34-11-3-2-4-12-34)53(86)76-43(26-49(64)82)59(92)80-21-9-18-48(80)57(90)78-45(31-97)60(93)81-22-10-17-47(81)55(88)73-40(61(94)95)15-7-19-68-62(65)66/h2-6,11-14,27-28,32-33,38,40-48,69,96-97H,7-10,15-26,29-31,63H2,1H3,(H2,64,82)(H,67,71)(H,70,85)(H,72,83)(H,73,88)(H,74,84)(H,75,87)(H,76,86)(H,77,89)(H,78,90)(H,94,95)(H4,65,66,68). The van der Waals surface area contributed by atoms with Gasteiger partial charge in [-0.1, -0.05) is 48.5 Å². The number of nitrogens with zero attached hydrogens (tertiary/aromatic N) is 5. The van der Waals surface area contributed by atoms with Crippen LogP contribution in [0.5, 0.6) is 0 Å². The second-order valence-corrected chi connectivity index (χ2v) is 24.6. The van der Waals surface area contributed by atoms with E-state index >= 15 is 0 Å². The molecule has 524 valence electrons. The molecule has 0 saturated carbocycles. The summed E-state index contributed by atoms with van der Waals surface area (Å²) in [6.07, 6.45) is 5.61. The fraction of sp³-hybridized carbons (Fsp3) is 0.500. The van der Waals surface area contributed by atoms with E-state index < -0.39 is 156 Å². The van der Waals surface area contributed by atoms with Crippen molar-refractivity contribution < 1.29 is 67.4 Å². The molecule has 2 aromatic carbocycles. The Morgan fingerprint density at radius 3 is 1.72 bits per heavy atom. The number of aliphatic imine (C=N–C) groups is 1. The zero-order chi connectivity index (χ0) is 70.5. The zero-order valence-corrected chi connectivity index (χ0v) is 55.2. The van der Waals surface area contributed by atoms with Crippen LogP contribution in [-0.4, -0.2) is 228 Å². The van der Waals surface area contributed by atoms with Gasteiger partial charge in [-0.15, -0.1) is 0 Å². The topological polar surface area (TPSA) is 509 Å². The third-order valence-corrected chi connectivity index (χ3v) is 17.6. The van der Waals surface area contributed by atoms with Gasteiger partial charge in [-0.3, -0.25) is 62.5 Å². The summed E-state index contributed by atoms with van der Waals surface area (Å²) in [5.74, 6) is -11.5. The Balaban J connectivity index is 1.00. The Morgan fingerprint density at radius 2 is 1.15 bits per heavy atom. The molecule has 35 heteroatoms. The largest absolute Gasteiger partial charge is 0.480 e. The van der Waals surface area contributed by atoms with Crippen LogP contribution in [0.2, 0.25) is 0 Å². The van der Waals surface area contributed by atoms with Crippen molar-refractivity contribution in [3.8, 4) is 0 Å². The lowest BCUT2D eigenvalue weighted by atomic mass is 10.0. The molecule has 0 bridgehead atoms. The number of nitrogens with one attached hydrogen (secondary N) is 10. The lowest BCUT2D eigenvalue weighted by Crippen LogP contribution is -2.61. The number of amides is 12. The third-order valence-electron chi connectivity index (χ3n) is 16.9. The minimum absolute atomic E-state index is 0.0148. The minimum Gasteiger partial charge on any atom is -0.480 e. The number of H-pyrrole nitrogens is 2. The van der Waals surface area contributed by atoms with Crippen LogP contribution in [0.1, 0.15) is 81.5 Å². The number of aromatic nitrogens is 3. The predicted octanol–water partition coefficient (Wildman–Crippen LogP) is -4.38. The van der Waals surface area contributed by atoms with Crippen LogP contribution in [0.15, 0.2) is 78.3 Å². The molecule has 3 fully saturated rings. The Hall–Kier alpha value is -9.77. The summed E-state index contributed by atoms with van der Waals surface area (Å²) in [7, 11) is 0. The second-order valence-electron chi connectivity index (χ2n) is 23.9. The van der Waals surface area contributed by atoms with Crippen molar-refractivity contribution in [1.29, 1.82) is 0 Å². The first kappa shape index (κ1) is 74.6. The molecule has 3 aliphatic heterocycles. The van der Waals surface area contributed by atoms with Gasteiger partial charge >= 0.3 is 5.97 Å². The number of guanidine groups is 1. The molecule has 4 aromatic rings. The molecule has 0 aliphatic carbocycles. The average molecular weight is 1380 g/mol. The van der Waals surface area contributed by atoms with E-state index in [2.05, 4.69) is 87.7 Å². The Morgan fingerprint density at radius 1 is 0.619 bits per heavy atom. The molecule has 7 rings (SSSR count). The molecule has 11 unspecified atom stereocenters. The molecule has 3 saturated heterocycles. The number of thiol groups is 2. The van der Waals surface area contributed by atoms with E-state index in [4.69, 9.17) is 22.9 Å². The van der Waals surface area contributed by atoms with Crippen molar-refractivity contribution in [2.45, 2.75) is 150 Å². The average Bonchev–Trinajstić information content (AvgIpc) is 1.76. The van der Waals surface area contributed by atoms with Crippen LogP contribution in [0.3, 0.4) is 0 Å². The number of carboxylic acids is 1. The van der Waals surface area contributed by atoms with Crippen molar-refractivity contribution in [3.63, 3.8) is 0 Å². The SMILES string of the molecule is CC(NC(=O)CNC(=O)C(CS)NC(=O)C1CCCN1C(=O)C(N)Cc1cnc[nH]1)C(=O)NC(Cc1c[nH]c2ccccc12)C(=O)NC(Cc1ccccc1)C(=O)NC(CC(N)=O)C(=O)N1CCCC1C(=O)NC(CS)C(=O)N1CCCC1C(=O)NC(CCCN=C(N)N)C(=O)O. The highest BCUT2D eigenvalue weighted by atomic mass is 32.1. The van der Waals surface area contributed by atoms with E-state index in [1.807, 2.05) is 0 Å². The molecular weight excluding hydrogens is 1300 g/mol. The Bertz CT molecular complexity index is 3520. The first-order valence-corrected chi connectivity index (χ1v) is 33.0. The number of para-hydroxylation sites is 1. The van der Waals surface area contributed by atoms with Crippen LogP contribution in [0.25, 0.3) is 10.9 Å². The summed E-state index contributed by atoms with van der Waals surface area (Å²) >= 11 is 8.56. The van der Waals surface area contributed by atoms with Gasteiger partial charge < -0.3 is 95.2 Å². The van der Waals surface area contributed by atoms with Crippen molar-refractivity contribution in [3.05, 3.63) is 90.1 Å². The summed E-state index contributed by atoms with van der Waals surface area (Å²) in [5.41, 5.74) is 25.0. The van der Waals surface area contributed by atoms with Crippen molar-refractivity contribution in [1.82, 2.24) is 72.2 Å². The monoisotopic (exact) mass is 1380 g/mol. The van der Waals surface area contributed by atoms with Crippen LogP contribution in [-0.2, 0) is 81.6 Å². The molecule has 11 atom stereocenters. The van der Waals surface area contributed by atoms with Gasteiger partial charge in [-0.2, -0.15) is 25.3 Å². The molecule has 97 heavy (non-hydrogen) atoms. The molecule has 0 spiro atoms. The van der Waals surface area contributed by atoms with Crippen LogP contribution >= 0.6 is 25.3 Å². The number of carbonyl (C=O) groups is 13. The number of carbonyl (C=O) groups excluding carboxylic acids is 12. The summed E-state index contributed by atoms with van der Waals surface area (Å²) in [6, 6.07) is 1.42. The lowest BCUT2D eigenvalue weighted by Gasteiger charge is -2.32.